The van der Waals surface area contributed by atoms with Crippen LogP contribution in [0.4, 0.5) is 4.39 Å². The lowest BCUT2D eigenvalue weighted by Gasteiger charge is -2.16. The van der Waals surface area contributed by atoms with Crippen LogP contribution >= 0.6 is 11.6 Å². The van der Waals surface area contributed by atoms with E-state index < -0.39 is 35.7 Å². The van der Waals surface area contributed by atoms with Crippen LogP contribution in [-0.2, 0) is 0 Å². The van der Waals surface area contributed by atoms with E-state index in [4.69, 9.17) is 16.7 Å². The van der Waals surface area contributed by atoms with Crippen LogP contribution in [0.5, 0.6) is 0 Å². The van der Waals surface area contributed by atoms with Crippen molar-refractivity contribution in [2.45, 2.75) is 32.9 Å². The zero-order valence-electron chi connectivity index (χ0n) is 18.6. The molecule has 0 saturated heterocycles. The van der Waals surface area contributed by atoms with Gasteiger partial charge in [0.2, 0.25) is 0 Å². The third-order valence-electron chi connectivity index (χ3n) is 5.25. The van der Waals surface area contributed by atoms with Gasteiger partial charge in [-0.05, 0) is 55.7 Å². The van der Waals surface area contributed by atoms with Crippen molar-refractivity contribution in [1.29, 1.82) is 0 Å². The molecule has 0 radical (unpaired) electrons. The molecule has 0 aliphatic heterocycles. The maximum absolute atomic E-state index is 13.4. The number of hydrogen-bond donors (Lipinski definition) is 3. The Morgan fingerprint density at radius 2 is 1.44 bits per heavy atom. The molecule has 0 bridgehead atoms. The molecule has 3 N–H and O–H groups in total. The zero-order valence-corrected chi connectivity index (χ0v) is 19.4. The number of nitrogens with one attached hydrogen (secondary N) is 2. The molecule has 3 rings (SSSR count). The number of rotatable bonds is 7. The maximum atomic E-state index is 13.4. The first kappa shape index (κ1) is 24.8. The van der Waals surface area contributed by atoms with Crippen LogP contribution in [0, 0.1) is 12.7 Å². The number of hydrogen-bond acceptors (Lipinski definition) is 5. The molecule has 10 heteroatoms. The van der Waals surface area contributed by atoms with Gasteiger partial charge in [0, 0.05) is 6.07 Å². The van der Waals surface area contributed by atoms with Crippen molar-refractivity contribution in [2.24, 2.45) is 0 Å². The molecule has 0 aliphatic rings. The summed E-state index contributed by atoms with van der Waals surface area (Å²) in [5, 5.41) is 14.6. The molecule has 0 aliphatic carbocycles. The third-order valence-corrected chi connectivity index (χ3v) is 5.54. The van der Waals surface area contributed by atoms with Crippen LogP contribution in [0.1, 0.15) is 74.0 Å². The van der Waals surface area contributed by atoms with Gasteiger partial charge in [0.05, 0.1) is 22.7 Å². The SMILES string of the molecule is Cc1cc([C@H](C)NC(=O)c2cc(C(=O)NC(C)c3ccc(F)c(Cl)c3)ncn2)ccc1C(=O)O. The van der Waals surface area contributed by atoms with Crippen LogP contribution in [-0.4, -0.2) is 32.9 Å². The van der Waals surface area contributed by atoms with E-state index in [1.54, 1.807) is 32.9 Å². The van der Waals surface area contributed by atoms with E-state index in [0.29, 0.717) is 11.1 Å². The number of carboxylic acids is 1. The van der Waals surface area contributed by atoms with Crippen molar-refractivity contribution in [2.75, 3.05) is 0 Å². The number of carboxylic acid groups (broad SMARTS) is 1. The molecule has 0 fully saturated rings. The molecule has 176 valence electrons. The van der Waals surface area contributed by atoms with Crippen molar-refractivity contribution in [1.82, 2.24) is 20.6 Å². The van der Waals surface area contributed by atoms with Gasteiger partial charge in [-0.1, -0.05) is 29.8 Å². The molecule has 1 unspecified atom stereocenters. The Balaban J connectivity index is 1.69. The predicted molar refractivity (Wildman–Crippen MR) is 123 cm³/mol. The topological polar surface area (TPSA) is 121 Å². The molecule has 2 aromatic carbocycles. The Morgan fingerprint density at radius 1 is 0.912 bits per heavy atom. The minimum atomic E-state index is -1.02. The fourth-order valence-electron chi connectivity index (χ4n) is 3.29. The Labute approximate surface area is 200 Å². The molecular formula is C24H22ClFN4O4. The number of aryl methyl sites for hydroxylation is 1. The number of aromatic nitrogens is 2. The minimum Gasteiger partial charge on any atom is -0.478 e. The summed E-state index contributed by atoms with van der Waals surface area (Å²) in [7, 11) is 0. The first-order valence-electron chi connectivity index (χ1n) is 10.3. The second kappa shape index (κ2) is 10.4. The molecule has 34 heavy (non-hydrogen) atoms. The average Bonchev–Trinajstić information content (AvgIpc) is 2.80. The first-order valence-corrected chi connectivity index (χ1v) is 10.7. The molecule has 0 spiro atoms. The Kier molecular flexibility index (Phi) is 7.57. The number of carbonyl (C=O) groups excluding carboxylic acids is 2. The molecule has 2 amide bonds. The second-order valence-corrected chi connectivity index (χ2v) is 8.14. The lowest BCUT2D eigenvalue weighted by molar-refractivity contribution is 0.0695. The van der Waals surface area contributed by atoms with Gasteiger partial charge in [-0.3, -0.25) is 9.59 Å². The number of nitrogens with zero attached hydrogens (tertiary/aromatic N) is 2. The van der Waals surface area contributed by atoms with Crippen LogP contribution in [0.3, 0.4) is 0 Å². The molecule has 2 atom stereocenters. The average molecular weight is 485 g/mol. The predicted octanol–water partition coefficient (Wildman–Crippen LogP) is 4.26. The minimum absolute atomic E-state index is 0.0108. The lowest BCUT2D eigenvalue weighted by atomic mass is 10.0. The zero-order chi connectivity index (χ0) is 25.0. The van der Waals surface area contributed by atoms with Gasteiger partial charge >= 0.3 is 5.97 Å². The third kappa shape index (κ3) is 5.74. The Bertz CT molecular complexity index is 1270. The Hall–Kier alpha value is -3.85. The summed E-state index contributed by atoms with van der Waals surface area (Å²) < 4.78 is 13.4. The maximum Gasteiger partial charge on any atom is 0.335 e. The van der Waals surface area contributed by atoms with Gasteiger partial charge in [0.15, 0.2) is 0 Å². The largest absolute Gasteiger partial charge is 0.478 e. The van der Waals surface area contributed by atoms with Gasteiger partial charge in [0.1, 0.15) is 23.5 Å². The monoisotopic (exact) mass is 484 g/mol. The number of benzene rings is 2. The van der Waals surface area contributed by atoms with Crippen molar-refractivity contribution in [3.8, 4) is 0 Å². The molecular weight excluding hydrogens is 463 g/mol. The molecule has 0 saturated carbocycles. The highest BCUT2D eigenvalue weighted by Gasteiger charge is 2.19. The number of aromatic carboxylic acids is 1. The van der Waals surface area contributed by atoms with Crippen molar-refractivity contribution >= 4 is 29.4 Å². The smallest absolute Gasteiger partial charge is 0.335 e. The summed E-state index contributed by atoms with van der Waals surface area (Å²) in [5.41, 5.74) is 2.05. The van der Waals surface area contributed by atoms with Crippen molar-refractivity contribution in [3.05, 3.63) is 93.3 Å². The Morgan fingerprint density at radius 3 is 1.94 bits per heavy atom. The number of halogens is 2. The van der Waals surface area contributed by atoms with E-state index >= 15 is 0 Å². The molecule has 3 aromatic rings. The van der Waals surface area contributed by atoms with Crippen LogP contribution in [0.15, 0.2) is 48.8 Å². The molecule has 8 nitrogen and oxygen atoms in total. The van der Waals surface area contributed by atoms with Gasteiger partial charge in [-0.2, -0.15) is 0 Å². The summed E-state index contributed by atoms with van der Waals surface area (Å²) >= 11 is 5.80. The summed E-state index contributed by atoms with van der Waals surface area (Å²) in [6.07, 6.45) is 1.11. The second-order valence-electron chi connectivity index (χ2n) is 7.73. The van der Waals surface area contributed by atoms with Crippen molar-refractivity contribution in [3.63, 3.8) is 0 Å². The van der Waals surface area contributed by atoms with Crippen LogP contribution < -0.4 is 10.6 Å². The van der Waals surface area contributed by atoms with Gasteiger partial charge in [-0.15, -0.1) is 0 Å². The summed E-state index contributed by atoms with van der Waals surface area (Å²) in [5.74, 6) is -2.65. The first-order chi connectivity index (χ1) is 16.1. The van der Waals surface area contributed by atoms with Gasteiger partial charge < -0.3 is 15.7 Å². The van der Waals surface area contributed by atoms with Gasteiger partial charge in [-0.25, -0.2) is 19.2 Å². The summed E-state index contributed by atoms with van der Waals surface area (Å²) in [4.78, 5) is 44.4. The lowest BCUT2D eigenvalue weighted by Crippen LogP contribution is -2.30. The highest BCUT2D eigenvalue weighted by Crippen LogP contribution is 2.21. The normalized spacial score (nSPS) is 12.5. The fourth-order valence-corrected chi connectivity index (χ4v) is 3.48. The van der Waals surface area contributed by atoms with Crippen LogP contribution in [0.2, 0.25) is 5.02 Å². The highest BCUT2D eigenvalue weighted by molar-refractivity contribution is 6.30. The van der Waals surface area contributed by atoms with Gasteiger partial charge in [0.25, 0.3) is 11.8 Å². The highest BCUT2D eigenvalue weighted by atomic mass is 35.5. The van der Waals surface area contributed by atoms with E-state index in [9.17, 15) is 18.8 Å². The summed E-state index contributed by atoms with van der Waals surface area (Å²) in [6.45, 7) is 5.13. The standard InChI is InChI=1S/C24H22ClFN4O4/c1-12-8-15(4-6-17(12)24(33)34)13(2)29-22(31)20-10-21(28-11-27-20)23(32)30-14(3)16-5-7-19(26)18(25)9-16/h4-11,13-14H,1-3H3,(H,29,31)(H,30,32)(H,33,34)/t13-,14?/m0/s1. The van der Waals surface area contributed by atoms with Crippen molar-refractivity contribution < 1.29 is 23.9 Å². The molecule has 1 heterocycles. The van der Waals surface area contributed by atoms with E-state index in [1.807, 2.05) is 0 Å². The fraction of sp³-hybridized carbons (Fsp3) is 0.208. The quantitative estimate of drug-likeness (QED) is 0.460. The molecule has 1 aromatic heterocycles. The number of carbonyl (C=O) groups is 3. The van der Waals surface area contributed by atoms with E-state index in [2.05, 4.69) is 20.6 Å². The van der Waals surface area contributed by atoms with Crippen LogP contribution in [0.25, 0.3) is 0 Å². The summed E-state index contributed by atoms with van der Waals surface area (Å²) in [6, 6.07) is 9.28. The number of amides is 2. The van der Waals surface area contributed by atoms with E-state index in [-0.39, 0.29) is 22.0 Å². The van der Waals surface area contributed by atoms with E-state index in [1.165, 1.54) is 30.3 Å². The van der Waals surface area contributed by atoms with E-state index in [0.717, 1.165) is 11.9 Å².